The highest BCUT2D eigenvalue weighted by Crippen LogP contribution is 2.34. The maximum absolute atomic E-state index is 12.5. The fraction of sp³-hybridized carbons (Fsp3) is 0.444. The summed E-state index contributed by atoms with van der Waals surface area (Å²) in [5.41, 5.74) is -0.313. The van der Waals surface area contributed by atoms with Gasteiger partial charge in [-0.15, -0.1) is 5.10 Å². The van der Waals surface area contributed by atoms with Crippen molar-refractivity contribution in [3.63, 3.8) is 0 Å². The highest BCUT2D eigenvalue weighted by Gasteiger charge is 2.43. The number of nitrogens with one attached hydrogen (secondary N) is 1. The zero-order valence-corrected chi connectivity index (χ0v) is 14.2. The lowest BCUT2D eigenvalue weighted by Gasteiger charge is -2.37. The van der Waals surface area contributed by atoms with E-state index in [-0.39, 0.29) is 5.69 Å². The van der Waals surface area contributed by atoms with E-state index in [0.29, 0.717) is 18.8 Å². The summed E-state index contributed by atoms with van der Waals surface area (Å²) >= 11 is 0. The van der Waals surface area contributed by atoms with Crippen LogP contribution in [0.25, 0.3) is 5.69 Å². The molecule has 0 bridgehead atoms. The van der Waals surface area contributed by atoms with Crippen LogP contribution in [0.3, 0.4) is 0 Å². The summed E-state index contributed by atoms with van der Waals surface area (Å²) in [7, 11) is 0. The van der Waals surface area contributed by atoms with E-state index in [4.69, 9.17) is 0 Å². The Morgan fingerprint density at radius 2 is 1.96 bits per heavy atom. The molecule has 1 aliphatic rings. The molecule has 7 heteroatoms. The molecule has 1 aromatic carbocycles. The first-order chi connectivity index (χ1) is 12.0. The Balaban J connectivity index is 1.75. The zero-order valence-electron chi connectivity index (χ0n) is 14.2. The van der Waals surface area contributed by atoms with Crippen molar-refractivity contribution >= 4 is 11.9 Å². The van der Waals surface area contributed by atoms with Crippen molar-refractivity contribution in [2.45, 2.75) is 44.6 Å². The van der Waals surface area contributed by atoms with Gasteiger partial charge in [-0.25, -0.2) is 9.48 Å². The fourth-order valence-corrected chi connectivity index (χ4v) is 3.33. The number of aromatic nitrogens is 3. The van der Waals surface area contributed by atoms with Crippen molar-refractivity contribution in [1.82, 2.24) is 20.3 Å². The van der Waals surface area contributed by atoms with Crippen LogP contribution >= 0.6 is 0 Å². The molecule has 2 N–H and O–H groups in total. The summed E-state index contributed by atoms with van der Waals surface area (Å²) in [5.74, 6) is -0.950. The van der Waals surface area contributed by atoms with E-state index in [0.717, 1.165) is 24.9 Å². The van der Waals surface area contributed by atoms with E-state index in [2.05, 4.69) is 22.6 Å². The molecule has 132 valence electrons. The van der Waals surface area contributed by atoms with Crippen molar-refractivity contribution in [1.29, 1.82) is 0 Å². The Labute approximate surface area is 146 Å². The number of hydrogen-bond donors (Lipinski definition) is 2. The van der Waals surface area contributed by atoms with Crippen LogP contribution in [-0.2, 0) is 4.79 Å². The van der Waals surface area contributed by atoms with Crippen molar-refractivity contribution in [2.24, 2.45) is 5.92 Å². The number of carbonyl (C=O) groups is 2. The minimum Gasteiger partial charge on any atom is -0.480 e. The monoisotopic (exact) mass is 342 g/mol. The smallest absolute Gasteiger partial charge is 0.329 e. The third-order valence-corrected chi connectivity index (χ3v) is 5.05. The lowest BCUT2D eigenvalue weighted by atomic mass is 9.75. The Bertz CT molecular complexity index is 749. The van der Waals surface area contributed by atoms with Crippen LogP contribution in [0.15, 0.2) is 36.5 Å². The van der Waals surface area contributed by atoms with Gasteiger partial charge >= 0.3 is 5.97 Å². The number of benzene rings is 1. The number of hydrogen-bond acceptors (Lipinski definition) is 4. The quantitative estimate of drug-likeness (QED) is 0.870. The molecular formula is C18H22N4O3. The Kier molecular flexibility index (Phi) is 4.83. The lowest BCUT2D eigenvalue weighted by Crippen LogP contribution is -2.56. The van der Waals surface area contributed by atoms with E-state index in [1.54, 1.807) is 0 Å². The molecule has 0 atom stereocenters. The van der Waals surface area contributed by atoms with Gasteiger partial charge in [0, 0.05) is 0 Å². The molecule has 0 unspecified atom stereocenters. The van der Waals surface area contributed by atoms with Crippen molar-refractivity contribution < 1.29 is 14.7 Å². The van der Waals surface area contributed by atoms with Gasteiger partial charge in [-0.05, 0) is 43.7 Å². The Hall–Kier alpha value is -2.70. The SMILES string of the molecule is CCC1CCC(NC(=O)c2cn(-c3ccccc3)nn2)(C(=O)O)CC1. The second-order valence-corrected chi connectivity index (χ2v) is 6.58. The summed E-state index contributed by atoms with van der Waals surface area (Å²) in [4.78, 5) is 24.3. The molecule has 1 fully saturated rings. The summed E-state index contributed by atoms with van der Waals surface area (Å²) < 4.78 is 1.50. The molecule has 0 radical (unpaired) electrons. The molecule has 1 aliphatic carbocycles. The molecule has 0 spiro atoms. The van der Waals surface area contributed by atoms with Gasteiger partial charge in [0.15, 0.2) is 5.69 Å². The van der Waals surface area contributed by atoms with E-state index in [1.165, 1.54) is 10.9 Å². The van der Waals surface area contributed by atoms with Gasteiger partial charge in [0.2, 0.25) is 0 Å². The number of rotatable bonds is 5. The molecule has 7 nitrogen and oxygen atoms in total. The van der Waals surface area contributed by atoms with Crippen molar-refractivity contribution in [3.05, 3.63) is 42.2 Å². The van der Waals surface area contributed by atoms with Crippen molar-refractivity contribution in [3.8, 4) is 5.69 Å². The van der Waals surface area contributed by atoms with E-state index < -0.39 is 17.4 Å². The van der Waals surface area contributed by atoms with Gasteiger partial charge in [-0.2, -0.15) is 0 Å². The number of carboxylic acids is 1. The minimum absolute atomic E-state index is 0.113. The van der Waals surface area contributed by atoms with E-state index in [1.807, 2.05) is 30.3 Å². The average Bonchev–Trinajstić information content (AvgIpc) is 3.13. The fourth-order valence-electron chi connectivity index (χ4n) is 3.33. The maximum atomic E-state index is 12.5. The summed E-state index contributed by atoms with van der Waals surface area (Å²) in [6.45, 7) is 2.11. The van der Waals surface area contributed by atoms with Crippen LogP contribution in [0.5, 0.6) is 0 Å². The van der Waals surface area contributed by atoms with Crippen LogP contribution in [0, 0.1) is 5.92 Å². The number of aliphatic carboxylic acids is 1. The maximum Gasteiger partial charge on any atom is 0.329 e. The summed E-state index contributed by atoms with van der Waals surface area (Å²) in [6, 6.07) is 9.31. The molecule has 0 saturated heterocycles. The number of carbonyl (C=O) groups excluding carboxylic acids is 1. The first-order valence-electron chi connectivity index (χ1n) is 8.58. The molecule has 1 heterocycles. The van der Waals surface area contributed by atoms with Gasteiger partial charge in [0.05, 0.1) is 11.9 Å². The highest BCUT2D eigenvalue weighted by molar-refractivity contribution is 5.96. The average molecular weight is 342 g/mol. The molecule has 1 saturated carbocycles. The first-order valence-corrected chi connectivity index (χ1v) is 8.58. The van der Waals surface area contributed by atoms with E-state index >= 15 is 0 Å². The van der Waals surface area contributed by atoms with Gasteiger partial charge in [0.1, 0.15) is 5.54 Å². The zero-order chi connectivity index (χ0) is 17.9. The third kappa shape index (κ3) is 3.55. The van der Waals surface area contributed by atoms with Crippen LogP contribution in [-0.4, -0.2) is 37.5 Å². The van der Waals surface area contributed by atoms with Gasteiger partial charge < -0.3 is 10.4 Å². The topological polar surface area (TPSA) is 97.1 Å². The molecule has 0 aliphatic heterocycles. The number of carboxylic acid groups (broad SMARTS) is 1. The molecule has 3 rings (SSSR count). The summed E-state index contributed by atoms with van der Waals surface area (Å²) in [6.07, 6.45) is 5.05. The standard InChI is InChI=1S/C18H22N4O3/c1-2-13-8-10-18(11-9-13,17(24)25)19-16(23)15-12-22(21-20-15)14-6-4-3-5-7-14/h3-7,12-13H,2,8-11H2,1H3,(H,19,23)(H,24,25). The number of amides is 1. The Morgan fingerprint density at radius 3 is 2.56 bits per heavy atom. The van der Waals surface area contributed by atoms with Crippen molar-refractivity contribution in [2.75, 3.05) is 0 Å². The largest absolute Gasteiger partial charge is 0.480 e. The molecule has 2 aromatic rings. The van der Waals surface area contributed by atoms with Gasteiger partial charge in [-0.3, -0.25) is 4.79 Å². The molecule has 25 heavy (non-hydrogen) atoms. The minimum atomic E-state index is -1.21. The lowest BCUT2D eigenvalue weighted by molar-refractivity contribution is -0.146. The Morgan fingerprint density at radius 1 is 1.28 bits per heavy atom. The molecule has 1 aromatic heterocycles. The van der Waals surface area contributed by atoms with Gasteiger partial charge in [-0.1, -0.05) is 36.8 Å². The second-order valence-electron chi connectivity index (χ2n) is 6.58. The summed E-state index contributed by atoms with van der Waals surface area (Å²) in [5, 5.41) is 20.2. The normalized spacial score (nSPS) is 23.2. The predicted octanol–water partition coefficient (Wildman–Crippen LogP) is 2.42. The first kappa shape index (κ1) is 17.1. The van der Waals surface area contributed by atoms with E-state index in [9.17, 15) is 14.7 Å². The second kappa shape index (κ2) is 7.04. The molecular weight excluding hydrogens is 320 g/mol. The number of para-hydroxylation sites is 1. The highest BCUT2D eigenvalue weighted by atomic mass is 16.4. The third-order valence-electron chi connectivity index (χ3n) is 5.05. The predicted molar refractivity (Wildman–Crippen MR) is 91.4 cm³/mol. The number of nitrogens with zero attached hydrogens (tertiary/aromatic N) is 3. The van der Waals surface area contributed by atoms with Crippen LogP contribution in [0.2, 0.25) is 0 Å². The molecule has 1 amide bonds. The van der Waals surface area contributed by atoms with Crippen LogP contribution in [0.1, 0.15) is 49.5 Å². The van der Waals surface area contributed by atoms with Crippen LogP contribution in [0.4, 0.5) is 0 Å². The van der Waals surface area contributed by atoms with Gasteiger partial charge in [0.25, 0.3) is 5.91 Å². The van der Waals surface area contributed by atoms with Crippen LogP contribution < -0.4 is 5.32 Å².